The van der Waals surface area contributed by atoms with Crippen LogP contribution in [0, 0.1) is 18.6 Å². The summed E-state index contributed by atoms with van der Waals surface area (Å²) in [7, 11) is 0. The van der Waals surface area contributed by atoms with Crippen LogP contribution in [-0.4, -0.2) is 29.8 Å². The minimum Gasteiger partial charge on any atom is -0.328 e. The summed E-state index contributed by atoms with van der Waals surface area (Å²) in [5.74, 6) is -2.22. The average Bonchev–Trinajstić information content (AvgIpc) is 2.55. The molecular formula is C18H15ClF2N2O2. The van der Waals surface area contributed by atoms with Crippen LogP contribution in [0.25, 0.3) is 0 Å². The molecule has 0 atom stereocenters. The van der Waals surface area contributed by atoms with Crippen molar-refractivity contribution in [2.75, 3.05) is 18.0 Å². The monoisotopic (exact) mass is 364 g/mol. The number of piperazine rings is 1. The van der Waals surface area contributed by atoms with E-state index in [9.17, 15) is 18.4 Å². The summed E-state index contributed by atoms with van der Waals surface area (Å²) in [6.45, 7) is 2.39. The number of carbonyl (C=O) groups is 2. The summed E-state index contributed by atoms with van der Waals surface area (Å²) < 4.78 is 26.4. The molecule has 2 aromatic rings. The van der Waals surface area contributed by atoms with Crippen LogP contribution < -0.4 is 4.90 Å². The van der Waals surface area contributed by atoms with Gasteiger partial charge < -0.3 is 9.80 Å². The van der Waals surface area contributed by atoms with Gasteiger partial charge in [-0.05, 0) is 48.4 Å². The lowest BCUT2D eigenvalue weighted by molar-refractivity contribution is -0.146. The van der Waals surface area contributed by atoms with Crippen LogP contribution in [0.5, 0.6) is 0 Å². The molecule has 1 heterocycles. The fourth-order valence-corrected chi connectivity index (χ4v) is 3.06. The summed E-state index contributed by atoms with van der Waals surface area (Å²) >= 11 is 5.98. The first-order chi connectivity index (χ1) is 11.9. The molecule has 0 N–H and O–H groups in total. The number of nitrogens with zero attached hydrogens (tertiary/aromatic N) is 2. The van der Waals surface area contributed by atoms with E-state index in [-0.39, 0.29) is 18.1 Å². The van der Waals surface area contributed by atoms with Gasteiger partial charge in [0.05, 0.1) is 0 Å². The zero-order valence-corrected chi connectivity index (χ0v) is 14.2. The first-order valence-corrected chi connectivity index (χ1v) is 8.05. The Labute approximate surface area is 148 Å². The second kappa shape index (κ2) is 6.80. The Morgan fingerprint density at radius 3 is 2.36 bits per heavy atom. The summed E-state index contributed by atoms with van der Waals surface area (Å²) in [6, 6.07) is 7.98. The van der Waals surface area contributed by atoms with E-state index in [1.165, 1.54) is 46.2 Å². The third kappa shape index (κ3) is 3.49. The molecule has 1 aliphatic heterocycles. The highest BCUT2D eigenvalue weighted by Crippen LogP contribution is 2.25. The summed E-state index contributed by atoms with van der Waals surface area (Å²) in [6.07, 6.45) is 0. The Bertz CT molecular complexity index is 857. The van der Waals surface area contributed by atoms with Crippen molar-refractivity contribution in [2.45, 2.75) is 13.5 Å². The van der Waals surface area contributed by atoms with Crippen LogP contribution in [0.3, 0.4) is 0 Å². The fourth-order valence-electron chi connectivity index (χ4n) is 2.83. The normalized spacial score (nSPS) is 15.0. The SMILES string of the molecule is Cc1cc(F)ccc1N1CCN(Cc2ccc(F)cc2Cl)C(=O)C1=O. The zero-order valence-electron chi connectivity index (χ0n) is 13.4. The summed E-state index contributed by atoms with van der Waals surface area (Å²) in [4.78, 5) is 27.6. The van der Waals surface area contributed by atoms with Gasteiger partial charge in [-0.25, -0.2) is 8.78 Å². The molecule has 4 nitrogen and oxygen atoms in total. The number of carbonyl (C=O) groups excluding carboxylic acids is 2. The molecule has 0 saturated carbocycles. The van der Waals surface area contributed by atoms with E-state index < -0.39 is 23.4 Å². The molecule has 1 fully saturated rings. The lowest BCUT2D eigenvalue weighted by Crippen LogP contribution is -2.54. The van der Waals surface area contributed by atoms with Gasteiger partial charge in [0, 0.05) is 30.3 Å². The first-order valence-electron chi connectivity index (χ1n) is 7.67. The standard InChI is InChI=1S/C18H15ClF2N2O2/c1-11-8-13(20)4-5-16(11)23-7-6-22(17(24)18(23)25)10-12-2-3-14(21)9-15(12)19/h2-5,8-9H,6-7,10H2,1H3. The number of rotatable bonds is 3. The van der Waals surface area contributed by atoms with Crippen molar-refractivity contribution in [3.63, 3.8) is 0 Å². The Morgan fingerprint density at radius 2 is 1.68 bits per heavy atom. The molecule has 3 rings (SSSR count). The molecule has 130 valence electrons. The third-order valence-electron chi connectivity index (χ3n) is 4.13. The van der Waals surface area contributed by atoms with E-state index in [2.05, 4.69) is 0 Å². The molecule has 2 aromatic carbocycles. The van der Waals surface area contributed by atoms with Gasteiger partial charge in [0.2, 0.25) is 0 Å². The fraction of sp³-hybridized carbons (Fsp3) is 0.222. The van der Waals surface area contributed by atoms with Gasteiger partial charge in [-0.2, -0.15) is 0 Å². The van der Waals surface area contributed by atoms with Crippen LogP contribution in [0.15, 0.2) is 36.4 Å². The van der Waals surface area contributed by atoms with Gasteiger partial charge in [-0.3, -0.25) is 9.59 Å². The largest absolute Gasteiger partial charge is 0.328 e. The van der Waals surface area contributed by atoms with Crippen molar-refractivity contribution in [1.82, 2.24) is 4.90 Å². The summed E-state index contributed by atoms with van der Waals surface area (Å²) in [5.41, 5.74) is 1.66. The molecule has 0 aliphatic carbocycles. The van der Waals surface area contributed by atoms with Crippen LogP contribution in [0.4, 0.5) is 14.5 Å². The second-order valence-corrected chi connectivity index (χ2v) is 6.26. The lowest BCUT2D eigenvalue weighted by Gasteiger charge is -2.34. The highest BCUT2D eigenvalue weighted by Gasteiger charge is 2.34. The maximum atomic E-state index is 13.2. The van der Waals surface area contributed by atoms with E-state index in [0.717, 1.165) is 0 Å². The Kier molecular flexibility index (Phi) is 4.72. The van der Waals surface area contributed by atoms with Crippen LogP contribution in [0.1, 0.15) is 11.1 Å². The Morgan fingerprint density at radius 1 is 1.00 bits per heavy atom. The summed E-state index contributed by atoms with van der Waals surface area (Å²) in [5, 5.41) is 0.206. The number of hydrogen-bond donors (Lipinski definition) is 0. The van der Waals surface area contributed by atoms with Gasteiger partial charge in [-0.1, -0.05) is 17.7 Å². The first kappa shape index (κ1) is 17.4. The molecule has 1 saturated heterocycles. The predicted octanol–water partition coefficient (Wildman–Crippen LogP) is 3.30. The van der Waals surface area contributed by atoms with Gasteiger partial charge >= 0.3 is 11.8 Å². The van der Waals surface area contributed by atoms with Crippen molar-refractivity contribution in [1.29, 1.82) is 0 Å². The van der Waals surface area contributed by atoms with E-state index in [0.29, 0.717) is 23.4 Å². The number of anilines is 1. The second-order valence-electron chi connectivity index (χ2n) is 5.85. The number of hydrogen-bond acceptors (Lipinski definition) is 2. The van der Waals surface area contributed by atoms with Gasteiger partial charge in [0.25, 0.3) is 0 Å². The van der Waals surface area contributed by atoms with Crippen molar-refractivity contribution in [2.24, 2.45) is 0 Å². The van der Waals surface area contributed by atoms with Gasteiger partial charge in [0.15, 0.2) is 0 Å². The highest BCUT2D eigenvalue weighted by atomic mass is 35.5. The average molecular weight is 365 g/mol. The van der Waals surface area contributed by atoms with E-state index in [1.807, 2.05) is 0 Å². The number of benzene rings is 2. The lowest BCUT2D eigenvalue weighted by atomic mass is 10.1. The molecule has 0 unspecified atom stereocenters. The minimum absolute atomic E-state index is 0.125. The maximum Gasteiger partial charge on any atom is 0.316 e. The van der Waals surface area contributed by atoms with Crippen LogP contribution >= 0.6 is 11.6 Å². The number of aryl methyl sites for hydroxylation is 1. The van der Waals surface area contributed by atoms with Gasteiger partial charge in [-0.15, -0.1) is 0 Å². The zero-order chi connectivity index (χ0) is 18.1. The molecule has 0 bridgehead atoms. The molecule has 25 heavy (non-hydrogen) atoms. The topological polar surface area (TPSA) is 40.6 Å². The van der Waals surface area contributed by atoms with E-state index >= 15 is 0 Å². The Hall–Kier alpha value is -2.47. The quantitative estimate of drug-likeness (QED) is 0.784. The van der Waals surface area contributed by atoms with Crippen molar-refractivity contribution >= 4 is 29.1 Å². The van der Waals surface area contributed by atoms with Gasteiger partial charge in [0.1, 0.15) is 11.6 Å². The number of amides is 2. The maximum absolute atomic E-state index is 13.2. The van der Waals surface area contributed by atoms with Crippen molar-refractivity contribution in [3.05, 3.63) is 64.2 Å². The predicted molar refractivity (Wildman–Crippen MR) is 90.3 cm³/mol. The van der Waals surface area contributed by atoms with Crippen molar-refractivity contribution < 1.29 is 18.4 Å². The Balaban J connectivity index is 1.78. The van der Waals surface area contributed by atoms with Crippen molar-refractivity contribution in [3.8, 4) is 0 Å². The molecule has 2 amide bonds. The van der Waals surface area contributed by atoms with Crippen LogP contribution in [0.2, 0.25) is 5.02 Å². The third-order valence-corrected chi connectivity index (χ3v) is 4.49. The van der Waals surface area contributed by atoms with E-state index in [1.54, 1.807) is 6.92 Å². The molecule has 0 radical (unpaired) electrons. The molecular weight excluding hydrogens is 350 g/mol. The molecule has 1 aliphatic rings. The number of halogens is 3. The highest BCUT2D eigenvalue weighted by molar-refractivity contribution is 6.41. The molecule has 7 heteroatoms. The van der Waals surface area contributed by atoms with Crippen LogP contribution in [-0.2, 0) is 16.1 Å². The minimum atomic E-state index is -0.681. The molecule has 0 aromatic heterocycles. The smallest absolute Gasteiger partial charge is 0.316 e. The van der Waals surface area contributed by atoms with E-state index in [4.69, 9.17) is 11.6 Å². The molecule has 0 spiro atoms.